The second-order valence-electron chi connectivity index (χ2n) is 5.10. The number of benzene rings is 1. The first-order valence-corrected chi connectivity index (χ1v) is 7.23. The number of H-pyrrole nitrogens is 1. The molecule has 2 heterocycles. The lowest BCUT2D eigenvalue weighted by Crippen LogP contribution is -2.21. The minimum absolute atomic E-state index is 0.564. The van der Waals surface area contributed by atoms with Crippen LogP contribution in [-0.4, -0.2) is 33.8 Å². The maximum absolute atomic E-state index is 5.61. The number of aromatic amines is 1. The van der Waals surface area contributed by atoms with E-state index in [2.05, 4.69) is 27.1 Å². The van der Waals surface area contributed by atoms with Crippen molar-refractivity contribution in [3.8, 4) is 0 Å². The van der Waals surface area contributed by atoms with Gasteiger partial charge in [-0.3, -0.25) is 0 Å². The molecule has 0 saturated carbocycles. The van der Waals surface area contributed by atoms with E-state index in [9.17, 15) is 0 Å². The number of imidazole rings is 1. The van der Waals surface area contributed by atoms with Gasteiger partial charge in [0.15, 0.2) is 0 Å². The van der Waals surface area contributed by atoms with Gasteiger partial charge in [-0.15, -0.1) is 5.10 Å². The van der Waals surface area contributed by atoms with Crippen LogP contribution in [0.3, 0.4) is 0 Å². The zero-order chi connectivity index (χ0) is 14.7. The van der Waals surface area contributed by atoms with Crippen LogP contribution in [0, 0.1) is 0 Å². The third-order valence-corrected chi connectivity index (χ3v) is 3.37. The number of hydrogen-bond acceptors (Lipinski definition) is 5. The molecule has 0 aliphatic rings. The molecule has 2 aromatic heterocycles. The average Bonchev–Trinajstić information content (AvgIpc) is 3.11. The van der Waals surface area contributed by atoms with E-state index >= 15 is 0 Å². The van der Waals surface area contributed by atoms with E-state index in [0.29, 0.717) is 11.9 Å². The molecule has 0 atom stereocenters. The van der Waals surface area contributed by atoms with E-state index in [1.807, 2.05) is 36.2 Å². The summed E-state index contributed by atoms with van der Waals surface area (Å²) in [5.41, 5.74) is 2.07. The molecule has 1 aromatic carbocycles. The fourth-order valence-electron chi connectivity index (χ4n) is 2.21. The number of hydrogen-bond donors (Lipinski definition) is 1. The molecule has 0 unspecified atom stereocenters. The Bertz CT molecular complexity index is 685. The average molecular weight is 285 g/mol. The fourth-order valence-corrected chi connectivity index (χ4v) is 2.21. The Balaban J connectivity index is 1.63. The Morgan fingerprint density at radius 2 is 2.05 bits per heavy atom. The van der Waals surface area contributed by atoms with Crippen LogP contribution in [0.4, 0.5) is 6.01 Å². The van der Waals surface area contributed by atoms with E-state index < -0.39 is 0 Å². The summed E-state index contributed by atoms with van der Waals surface area (Å²) in [7, 11) is 1.95. The molecular weight excluding hydrogens is 266 g/mol. The van der Waals surface area contributed by atoms with Crippen molar-refractivity contribution in [2.45, 2.75) is 26.2 Å². The van der Waals surface area contributed by atoms with Crippen molar-refractivity contribution < 1.29 is 4.42 Å². The van der Waals surface area contributed by atoms with Gasteiger partial charge in [0.05, 0.1) is 11.0 Å². The molecule has 1 N–H and O–H groups in total. The standard InChI is InChI=1S/C15H19N5O/c1-3-6-14-18-19-15(21-14)20(2)10-9-13-16-11-7-4-5-8-12(11)17-13/h4-5,7-8H,3,6,9-10H2,1-2H3,(H,16,17). The number of aryl methyl sites for hydroxylation is 1. The highest BCUT2D eigenvalue weighted by Gasteiger charge is 2.11. The molecule has 0 spiro atoms. The summed E-state index contributed by atoms with van der Waals surface area (Å²) in [4.78, 5) is 9.85. The molecule has 0 amide bonds. The van der Waals surface area contributed by atoms with Crippen LogP contribution < -0.4 is 4.90 Å². The highest BCUT2D eigenvalue weighted by Crippen LogP contribution is 2.14. The minimum Gasteiger partial charge on any atom is -0.408 e. The fraction of sp³-hybridized carbons (Fsp3) is 0.400. The van der Waals surface area contributed by atoms with Crippen molar-refractivity contribution in [1.29, 1.82) is 0 Å². The van der Waals surface area contributed by atoms with Gasteiger partial charge >= 0.3 is 6.01 Å². The second kappa shape index (κ2) is 5.95. The van der Waals surface area contributed by atoms with Crippen LogP contribution in [0.5, 0.6) is 0 Å². The summed E-state index contributed by atoms with van der Waals surface area (Å²) >= 11 is 0. The zero-order valence-corrected chi connectivity index (χ0v) is 12.3. The van der Waals surface area contributed by atoms with Crippen LogP contribution in [0.2, 0.25) is 0 Å². The molecule has 3 aromatic rings. The van der Waals surface area contributed by atoms with E-state index in [0.717, 1.165) is 42.7 Å². The Morgan fingerprint density at radius 3 is 2.86 bits per heavy atom. The normalized spacial score (nSPS) is 11.1. The summed E-state index contributed by atoms with van der Waals surface area (Å²) in [6.07, 6.45) is 2.63. The molecule has 3 rings (SSSR count). The van der Waals surface area contributed by atoms with Crippen molar-refractivity contribution in [3.05, 3.63) is 36.0 Å². The van der Waals surface area contributed by atoms with Crippen molar-refractivity contribution in [2.24, 2.45) is 0 Å². The molecular formula is C15H19N5O. The molecule has 6 nitrogen and oxygen atoms in total. The van der Waals surface area contributed by atoms with Crippen LogP contribution in [-0.2, 0) is 12.8 Å². The van der Waals surface area contributed by atoms with E-state index in [1.54, 1.807) is 0 Å². The number of nitrogens with zero attached hydrogens (tertiary/aromatic N) is 4. The van der Waals surface area contributed by atoms with Gasteiger partial charge in [0.25, 0.3) is 0 Å². The molecule has 0 saturated heterocycles. The maximum Gasteiger partial charge on any atom is 0.317 e. The topological polar surface area (TPSA) is 70.8 Å². The van der Waals surface area contributed by atoms with E-state index in [4.69, 9.17) is 4.42 Å². The quantitative estimate of drug-likeness (QED) is 0.753. The Morgan fingerprint density at radius 1 is 1.19 bits per heavy atom. The molecule has 0 fully saturated rings. The Labute approximate surface area is 123 Å². The van der Waals surface area contributed by atoms with Crippen LogP contribution in [0.25, 0.3) is 11.0 Å². The number of anilines is 1. The predicted octanol–water partition coefficient (Wildman–Crippen LogP) is 2.58. The lowest BCUT2D eigenvalue weighted by Gasteiger charge is -2.12. The molecule has 0 radical (unpaired) electrons. The molecule has 0 bridgehead atoms. The lowest BCUT2D eigenvalue weighted by atomic mass is 10.3. The summed E-state index contributed by atoms with van der Waals surface area (Å²) in [6, 6.07) is 8.60. The number of para-hydroxylation sites is 2. The molecule has 21 heavy (non-hydrogen) atoms. The summed E-state index contributed by atoms with van der Waals surface area (Å²) in [6.45, 7) is 2.86. The smallest absolute Gasteiger partial charge is 0.317 e. The molecule has 110 valence electrons. The lowest BCUT2D eigenvalue weighted by molar-refractivity contribution is 0.486. The number of nitrogens with one attached hydrogen (secondary N) is 1. The maximum atomic E-state index is 5.61. The van der Waals surface area contributed by atoms with Crippen molar-refractivity contribution in [1.82, 2.24) is 20.2 Å². The largest absolute Gasteiger partial charge is 0.408 e. The predicted molar refractivity (Wildman–Crippen MR) is 81.4 cm³/mol. The van der Waals surface area contributed by atoms with E-state index in [1.165, 1.54) is 0 Å². The first kappa shape index (κ1) is 13.6. The van der Waals surface area contributed by atoms with Gasteiger partial charge in [0, 0.05) is 26.4 Å². The third kappa shape index (κ3) is 3.04. The Kier molecular flexibility index (Phi) is 3.85. The third-order valence-electron chi connectivity index (χ3n) is 3.37. The second-order valence-corrected chi connectivity index (χ2v) is 5.10. The summed E-state index contributed by atoms with van der Waals surface area (Å²) in [5.74, 6) is 1.67. The van der Waals surface area contributed by atoms with Gasteiger partial charge in [0.2, 0.25) is 5.89 Å². The first-order valence-electron chi connectivity index (χ1n) is 7.23. The van der Waals surface area contributed by atoms with Gasteiger partial charge in [-0.05, 0) is 18.6 Å². The molecule has 0 aliphatic heterocycles. The molecule has 0 aliphatic carbocycles. The monoisotopic (exact) mass is 285 g/mol. The first-order chi connectivity index (χ1) is 10.3. The van der Waals surface area contributed by atoms with Gasteiger partial charge in [0.1, 0.15) is 5.82 Å². The van der Waals surface area contributed by atoms with Crippen LogP contribution in [0.1, 0.15) is 25.1 Å². The zero-order valence-electron chi connectivity index (χ0n) is 12.3. The van der Waals surface area contributed by atoms with Crippen molar-refractivity contribution in [2.75, 3.05) is 18.5 Å². The summed E-state index contributed by atoms with van der Waals surface area (Å²) in [5, 5.41) is 8.10. The minimum atomic E-state index is 0.564. The van der Waals surface area contributed by atoms with Crippen LogP contribution in [0.15, 0.2) is 28.7 Å². The van der Waals surface area contributed by atoms with E-state index in [-0.39, 0.29) is 0 Å². The summed E-state index contributed by atoms with van der Waals surface area (Å²) < 4.78 is 5.61. The number of rotatable bonds is 6. The van der Waals surface area contributed by atoms with Gasteiger partial charge < -0.3 is 14.3 Å². The molecule has 6 heteroatoms. The van der Waals surface area contributed by atoms with Crippen molar-refractivity contribution in [3.63, 3.8) is 0 Å². The Hall–Kier alpha value is -2.37. The highest BCUT2D eigenvalue weighted by atomic mass is 16.4. The van der Waals surface area contributed by atoms with Crippen molar-refractivity contribution >= 4 is 17.0 Å². The SMILES string of the molecule is CCCc1nnc(N(C)CCc2nc3ccccc3[nH]2)o1. The number of likely N-dealkylation sites (N-methyl/N-ethyl adjacent to an activating group) is 1. The van der Waals surface area contributed by atoms with Gasteiger partial charge in [-0.1, -0.05) is 24.2 Å². The van der Waals surface area contributed by atoms with Gasteiger partial charge in [-0.25, -0.2) is 4.98 Å². The number of fused-ring (bicyclic) bond motifs is 1. The highest BCUT2D eigenvalue weighted by molar-refractivity contribution is 5.74. The van der Waals surface area contributed by atoms with Gasteiger partial charge in [-0.2, -0.15) is 0 Å². The van der Waals surface area contributed by atoms with Crippen LogP contribution >= 0.6 is 0 Å². The number of aromatic nitrogens is 4.